The Kier molecular flexibility index (Phi) is 8.08. The van der Waals surface area contributed by atoms with Crippen molar-refractivity contribution < 1.29 is 29.5 Å². The maximum Gasteiger partial charge on any atom is 0.352 e. The zero-order valence-electron chi connectivity index (χ0n) is 18.3. The predicted molar refractivity (Wildman–Crippen MR) is 140 cm³/mol. The molecule has 0 bridgehead atoms. The number of aliphatic carboxylic acids is 1. The van der Waals surface area contributed by atoms with Gasteiger partial charge in [0, 0.05) is 11.1 Å². The average molecular weight is 602 g/mol. The minimum Gasteiger partial charge on any atom is -0.477 e. The monoisotopic (exact) mass is 601 g/mol. The first-order chi connectivity index (χ1) is 17.6. The quantitative estimate of drug-likeness (QED) is 0.0901. The van der Waals surface area contributed by atoms with Crippen LogP contribution in [-0.4, -0.2) is 71.8 Å². The Balaban J connectivity index is 1.46. The molecule has 4 heterocycles. The van der Waals surface area contributed by atoms with Crippen LogP contribution in [0.3, 0.4) is 0 Å². The van der Waals surface area contributed by atoms with Crippen LogP contribution in [0.4, 0.5) is 5.13 Å². The summed E-state index contributed by atoms with van der Waals surface area (Å²) in [5.41, 5.74) is 10.8. The molecule has 4 rings (SSSR count). The topological polar surface area (TPSA) is 214 Å². The zero-order chi connectivity index (χ0) is 26.9. The van der Waals surface area contributed by atoms with Crippen LogP contribution in [0.1, 0.15) is 11.4 Å². The number of aromatic nitrogens is 2. The Morgan fingerprint density at radius 3 is 2.76 bits per heavy atom. The number of thiazole rings is 2. The number of thioether (sulfide) groups is 2. The van der Waals surface area contributed by atoms with Gasteiger partial charge in [-0.15, -0.1) is 23.1 Å². The van der Waals surface area contributed by atoms with Crippen molar-refractivity contribution in [2.75, 3.05) is 11.5 Å². The number of rotatable bonds is 9. The van der Waals surface area contributed by atoms with Gasteiger partial charge >= 0.3 is 5.97 Å². The van der Waals surface area contributed by atoms with Crippen molar-refractivity contribution in [1.82, 2.24) is 20.2 Å². The molecule has 1 fully saturated rings. The summed E-state index contributed by atoms with van der Waals surface area (Å²) in [5, 5.41) is 27.2. The molecule has 0 saturated carbocycles. The number of anilines is 1. The van der Waals surface area contributed by atoms with Crippen molar-refractivity contribution in [3.05, 3.63) is 43.9 Å². The highest BCUT2D eigenvalue weighted by Gasteiger charge is 2.54. The number of carbonyl (C=O) groups is 4. The Morgan fingerprint density at radius 2 is 2.14 bits per heavy atom. The second-order valence-electron chi connectivity index (χ2n) is 7.33. The standard InChI is InChI=1S/C19H16ClN7O6S4/c20-13-9(25-18(22)37-13)10(26-33)14(29)24-11-15(30)27-12(17(31)32)6(4-35-16(11)27)1-2-34-19-23-7(5-36-19)3-8(21)28/h1-2,5,11,16,33H,3-4H2,(H2,21,28)(H2,22,25)(H,24,29)(H,31,32)/b2-1?,26-10-/t11-,16-/m1/s1. The van der Waals surface area contributed by atoms with E-state index in [1.54, 1.807) is 16.9 Å². The molecule has 7 N–H and O–H groups in total. The van der Waals surface area contributed by atoms with Crippen LogP contribution >= 0.6 is 57.8 Å². The molecule has 37 heavy (non-hydrogen) atoms. The van der Waals surface area contributed by atoms with Gasteiger partial charge in [-0.2, -0.15) is 0 Å². The summed E-state index contributed by atoms with van der Waals surface area (Å²) in [5.74, 6) is -3.10. The van der Waals surface area contributed by atoms with Crippen LogP contribution < -0.4 is 16.8 Å². The number of oxime groups is 1. The molecule has 2 aliphatic rings. The molecular weight excluding hydrogens is 586 g/mol. The summed E-state index contributed by atoms with van der Waals surface area (Å²) in [4.78, 5) is 57.8. The van der Waals surface area contributed by atoms with E-state index < -0.39 is 40.8 Å². The zero-order valence-corrected chi connectivity index (χ0v) is 22.3. The molecule has 1 saturated heterocycles. The van der Waals surface area contributed by atoms with Gasteiger partial charge in [0.15, 0.2) is 15.2 Å². The lowest BCUT2D eigenvalue weighted by molar-refractivity contribution is -0.150. The number of nitrogen functional groups attached to an aromatic ring is 1. The first-order valence-electron chi connectivity index (χ1n) is 10.0. The summed E-state index contributed by atoms with van der Waals surface area (Å²) < 4.78 is 0.665. The number of carboxylic acids is 1. The number of nitrogens with zero attached hydrogens (tertiary/aromatic N) is 4. The molecule has 194 valence electrons. The van der Waals surface area contributed by atoms with E-state index in [1.165, 1.54) is 34.9 Å². The van der Waals surface area contributed by atoms with Gasteiger partial charge in [-0.25, -0.2) is 14.8 Å². The van der Waals surface area contributed by atoms with E-state index in [9.17, 15) is 29.5 Å². The molecule has 0 spiro atoms. The van der Waals surface area contributed by atoms with Gasteiger partial charge in [0.1, 0.15) is 27.1 Å². The van der Waals surface area contributed by atoms with Gasteiger partial charge in [0.2, 0.25) is 5.91 Å². The van der Waals surface area contributed by atoms with Crippen molar-refractivity contribution in [3.8, 4) is 0 Å². The van der Waals surface area contributed by atoms with E-state index in [-0.39, 0.29) is 33.0 Å². The molecule has 0 unspecified atom stereocenters. The molecule has 0 aliphatic carbocycles. The van der Waals surface area contributed by atoms with Crippen molar-refractivity contribution in [2.45, 2.75) is 22.2 Å². The van der Waals surface area contributed by atoms with Crippen LogP contribution in [0.15, 0.2) is 37.6 Å². The first kappa shape index (κ1) is 26.9. The molecule has 2 aliphatic heterocycles. The van der Waals surface area contributed by atoms with Gasteiger partial charge in [0.25, 0.3) is 11.8 Å². The van der Waals surface area contributed by atoms with Crippen molar-refractivity contribution >= 4 is 92.3 Å². The highest BCUT2D eigenvalue weighted by atomic mass is 35.5. The van der Waals surface area contributed by atoms with Crippen LogP contribution in [0.5, 0.6) is 0 Å². The number of nitrogens with two attached hydrogens (primary N) is 2. The third-order valence-electron chi connectivity index (χ3n) is 4.95. The number of fused-ring (bicyclic) bond motifs is 1. The third kappa shape index (κ3) is 5.59. The number of nitrogens with one attached hydrogen (secondary N) is 1. The van der Waals surface area contributed by atoms with E-state index in [4.69, 9.17) is 23.1 Å². The van der Waals surface area contributed by atoms with Gasteiger partial charge in [0.05, 0.1) is 12.1 Å². The van der Waals surface area contributed by atoms with Gasteiger partial charge in [-0.05, 0) is 17.1 Å². The van der Waals surface area contributed by atoms with E-state index in [2.05, 4.69) is 20.4 Å². The number of amides is 3. The number of allylic oxidation sites excluding steroid dienone is 1. The highest BCUT2D eigenvalue weighted by molar-refractivity contribution is 8.03. The molecule has 3 amide bonds. The molecule has 2 aromatic heterocycles. The molecule has 0 aromatic carbocycles. The Hall–Kier alpha value is -3.12. The highest BCUT2D eigenvalue weighted by Crippen LogP contribution is 2.41. The van der Waals surface area contributed by atoms with Gasteiger partial charge in [-0.1, -0.05) is 39.9 Å². The SMILES string of the molecule is NC(=O)Cc1csc(SC=CC2=C(C(=O)O)N3C(=O)[C@@H](NC(=O)/C(=N\O)c4nc(N)sc4Cl)[C@H]3SC2)n1. The molecule has 2 atom stereocenters. The fraction of sp³-hybridized carbons (Fsp3) is 0.211. The predicted octanol–water partition coefficient (Wildman–Crippen LogP) is 1.09. The van der Waals surface area contributed by atoms with E-state index >= 15 is 0 Å². The summed E-state index contributed by atoms with van der Waals surface area (Å²) in [7, 11) is 0. The Labute approximate surface area is 229 Å². The number of carboxylic acid groups (broad SMARTS) is 1. The number of halogens is 1. The smallest absolute Gasteiger partial charge is 0.352 e. The maximum absolute atomic E-state index is 12.9. The number of primary amides is 1. The normalized spacial score (nSPS) is 19.6. The molecule has 0 radical (unpaired) electrons. The van der Waals surface area contributed by atoms with Crippen LogP contribution in [-0.2, 0) is 25.6 Å². The summed E-state index contributed by atoms with van der Waals surface area (Å²) in [6.45, 7) is 0. The number of β-lactam (4-membered cyclic amide) rings is 1. The number of carbonyl (C=O) groups excluding carboxylic acids is 3. The largest absolute Gasteiger partial charge is 0.477 e. The van der Waals surface area contributed by atoms with E-state index in [1.807, 2.05) is 0 Å². The van der Waals surface area contributed by atoms with E-state index in [0.717, 1.165) is 16.2 Å². The minimum absolute atomic E-state index is 0.0262. The van der Waals surface area contributed by atoms with Crippen molar-refractivity contribution in [3.63, 3.8) is 0 Å². The Bertz CT molecular complexity index is 1390. The molecule has 2 aromatic rings. The second kappa shape index (κ2) is 11.1. The number of hydrogen-bond donors (Lipinski definition) is 5. The lowest BCUT2D eigenvalue weighted by Gasteiger charge is -2.49. The fourth-order valence-electron chi connectivity index (χ4n) is 3.42. The third-order valence-corrected chi connectivity index (χ3v) is 9.16. The van der Waals surface area contributed by atoms with Crippen LogP contribution in [0.25, 0.3) is 0 Å². The summed E-state index contributed by atoms with van der Waals surface area (Å²) >= 11 is 10.7. The first-order valence-corrected chi connectivity index (χ1v) is 14.0. The molecule has 13 nitrogen and oxygen atoms in total. The summed E-state index contributed by atoms with van der Waals surface area (Å²) in [6, 6.07) is -1.06. The second-order valence-corrected chi connectivity index (χ2v) is 12.1. The van der Waals surface area contributed by atoms with Crippen molar-refractivity contribution in [2.24, 2.45) is 10.9 Å². The lowest BCUT2D eigenvalue weighted by atomic mass is 10.0. The Morgan fingerprint density at radius 1 is 1.38 bits per heavy atom. The lowest BCUT2D eigenvalue weighted by Crippen LogP contribution is -2.71. The van der Waals surface area contributed by atoms with Gasteiger partial charge in [-0.3, -0.25) is 19.3 Å². The molecule has 18 heteroatoms. The average Bonchev–Trinajstić information content (AvgIpc) is 3.41. The van der Waals surface area contributed by atoms with Crippen LogP contribution in [0.2, 0.25) is 4.34 Å². The van der Waals surface area contributed by atoms with Gasteiger partial charge < -0.3 is 27.1 Å². The van der Waals surface area contributed by atoms with Crippen molar-refractivity contribution in [1.29, 1.82) is 0 Å². The maximum atomic E-state index is 12.9. The van der Waals surface area contributed by atoms with Crippen LogP contribution in [0, 0.1) is 0 Å². The van der Waals surface area contributed by atoms with E-state index in [0.29, 0.717) is 15.6 Å². The fourth-order valence-corrected chi connectivity index (χ4v) is 7.26. The summed E-state index contributed by atoms with van der Waals surface area (Å²) in [6.07, 6.45) is 1.61. The molecular formula is C19H16ClN7O6S4. The number of hydrogen-bond acceptors (Lipinski definition) is 13. The minimum atomic E-state index is -1.30.